The smallest absolute Gasteiger partial charge is 0.151 e. The number of halogens is 3. The van der Waals surface area contributed by atoms with E-state index in [0.717, 1.165) is 6.07 Å². The van der Waals surface area contributed by atoms with Crippen LogP contribution in [0.2, 0.25) is 0 Å². The standard InChI is InChI=1S/C21H20F3N5O/c1-3-19-15-5-4-6-17(23)20(15)27-29(19)13(2)21(30,10-28-12-25-11-26-28)16-8-7-14(22)9-18(16)24/h4-9,11-13,30H,3,10H2,1-2H3/t13-,21-/m1/s1. The molecule has 2 heterocycles. The first-order valence-electron chi connectivity index (χ1n) is 9.51. The van der Waals surface area contributed by atoms with Crippen LogP contribution in [0.15, 0.2) is 49.1 Å². The molecular weight excluding hydrogens is 395 g/mol. The third-order valence-electron chi connectivity index (χ3n) is 5.44. The van der Waals surface area contributed by atoms with E-state index in [1.54, 1.807) is 19.1 Å². The van der Waals surface area contributed by atoms with E-state index < -0.39 is 29.1 Å². The number of fused-ring (bicyclic) bond motifs is 1. The molecule has 30 heavy (non-hydrogen) atoms. The summed E-state index contributed by atoms with van der Waals surface area (Å²) >= 11 is 0. The molecule has 0 aliphatic heterocycles. The van der Waals surface area contributed by atoms with Gasteiger partial charge < -0.3 is 5.11 Å². The maximum atomic E-state index is 14.8. The van der Waals surface area contributed by atoms with Gasteiger partial charge in [0.2, 0.25) is 0 Å². The highest BCUT2D eigenvalue weighted by atomic mass is 19.1. The zero-order valence-corrected chi connectivity index (χ0v) is 16.4. The summed E-state index contributed by atoms with van der Waals surface area (Å²) in [7, 11) is 0. The molecule has 0 unspecified atom stereocenters. The lowest BCUT2D eigenvalue weighted by atomic mass is 9.86. The number of rotatable bonds is 6. The molecule has 0 aliphatic carbocycles. The summed E-state index contributed by atoms with van der Waals surface area (Å²) in [6.07, 6.45) is 3.19. The summed E-state index contributed by atoms with van der Waals surface area (Å²) in [6, 6.07) is 6.81. The molecule has 0 amide bonds. The van der Waals surface area contributed by atoms with Crippen molar-refractivity contribution in [3.05, 3.63) is 77.8 Å². The van der Waals surface area contributed by atoms with Crippen LogP contribution in [0.1, 0.15) is 31.1 Å². The lowest BCUT2D eigenvalue weighted by Gasteiger charge is -2.35. The lowest BCUT2D eigenvalue weighted by molar-refractivity contribution is -0.0374. The average molecular weight is 415 g/mol. The quantitative estimate of drug-likeness (QED) is 0.521. The third kappa shape index (κ3) is 3.24. The van der Waals surface area contributed by atoms with E-state index in [0.29, 0.717) is 23.6 Å². The number of aliphatic hydroxyl groups is 1. The van der Waals surface area contributed by atoms with Gasteiger partial charge in [-0.15, -0.1) is 0 Å². The first-order chi connectivity index (χ1) is 14.3. The van der Waals surface area contributed by atoms with Gasteiger partial charge in [-0.25, -0.2) is 22.8 Å². The molecule has 9 heteroatoms. The van der Waals surface area contributed by atoms with Crippen molar-refractivity contribution < 1.29 is 18.3 Å². The molecule has 2 aromatic carbocycles. The van der Waals surface area contributed by atoms with Crippen LogP contribution in [0.3, 0.4) is 0 Å². The van der Waals surface area contributed by atoms with Gasteiger partial charge >= 0.3 is 0 Å². The molecule has 0 fully saturated rings. The second kappa shape index (κ2) is 7.56. The van der Waals surface area contributed by atoms with E-state index in [2.05, 4.69) is 15.2 Å². The highest BCUT2D eigenvalue weighted by Crippen LogP contribution is 2.38. The van der Waals surface area contributed by atoms with Crippen LogP contribution in [-0.4, -0.2) is 29.7 Å². The fourth-order valence-electron chi connectivity index (χ4n) is 3.86. The van der Waals surface area contributed by atoms with E-state index in [1.807, 2.05) is 6.92 Å². The minimum absolute atomic E-state index is 0.117. The Morgan fingerprint density at radius 1 is 1.13 bits per heavy atom. The van der Waals surface area contributed by atoms with Crippen molar-refractivity contribution in [3.63, 3.8) is 0 Å². The molecule has 6 nitrogen and oxygen atoms in total. The summed E-state index contributed by atoms with van der Waals surface area (Å²) in [4.78, 5) is 3.86. The van der Waals surface area contributed by atoms with Crippen molar-refractivity contribution in [2.75, 3.05) is 0 Å². The van der Waals surface area contributed by atoms with E-state index >= 15 is 0 Å². The second-order valence-corrected chi connectivity index (χ2v) is 7.20. The molecule has 0 bridgehead atoms. The molecule has 0 aliphatic rings. The molecule has 0 radical (unpaired) electrons. The zero-order valence-electron chi connectivity index (χ0n) is 16.4. The summed E-state index contributed by atoms with van der Waals surface area (Å²) < 4.78 is 45.5. The van der Waals surface area contributed by atoms with Crippen LogP contribution >= 0.6 is 0 Å². The second-order valence-electron chi connectivity index (χ2n) is 7.20. The Hall–Kier alpha value is -3.20. The fraction of sp³-hybridized carbons (Fsp3) is 0.286. The highest BCUT2D eigenvalue weighted by molar-refractivity contribution is 5.82. The van der Waals surface area contributed by atoms with E-state index in [4.69, 9.17) is 0 Å². The largest absolute Gasteiger partial charge is 0.381 e. The maximum absolute atomic E-state index is 14.8. The Morgan fingerprint density at radius 2 is 1.93 bits per heavy atom. The van der Waals surface area contributed by atoms with Crippen molar-refractivity contribution in [2.45, 2.75) is 38.5 Å². The Balaban J connectivity index is 1.91. The molecule has 0 saturated heterocycles. The van der Waals surface area contributed by atoms with Gasteiger partial charge in [0.05, 0.1) is 12.6 Å². The Morgan fingerprint density at radius 3 is 2.60 bits per heavy atom. The number of hydrogen-bond donors (Lipinski definition) is 1. The summed E-state index contributed by atoms with van der Waals surface area (Å²) in [5, 5.41) is 20.8. The van der Waals surface area contributed by atoms with Gasteiger partial charge in [-0.1, -0.05) is 25.1 Å². The summed E-state index contributed by atoms with van der Waals surface area (Å²) in [5.74, 6) is -2.14. The summed E-state index contributed by atoms with van der Waals surface area (Å²) in [6.45, 7) is 3.38. The molecular formula is C21H20F3N5O. The van der Waals surface area contributed by atoms with Gasteiger partial charge in [-0.2, -0.15) is 10.2 Å². The van der Waals surface area contributed by atoms with Gasteiger partial charge in [0.1, 0.15) is 35.4 Å². The van der Waals surface area contributed by atoms with Gasteiger partial charge in [-0.3, -0.25) is 4.68 Å². The SMILES string of the molecule is CCc1c2cccc(F)c2nn1[C@H](C)[C@](O)(Cn1cncn1)c1ccc(F)cc1F. The topological polar surface area (TPSA) is 68.8 Å². The van der Waals surface area contributed by atoms with Crippen LogP contribution in [-0.2, 0) is 18.6 Å². The van der Waals surface area contributed by atoms with Gasteiger partial charge in [0.15, 0.2) is 5.82 Å². The van der Waals surface area contributed by atoms with Crippen LogP contribution in [0, 0.1) is 17.5 Å². The van der Waals surface area contributed by atoms with Crippen molar-refractivity contribution in [1.29, 1.82) is 0 Å². The molecule has 156 valence electrons. The predicted molar refractivity (Wildman–Crippen MR) is 104 cm³/mol. The molecule has 0 saturated carbocycles. The molecule has 2 atom stereocenters. The molecule has 4 rings (SSSR count). The zero-order chi connectivity index (χ0) is 21.5. The van der Waals surface area contributed by atoms with E-state index in [9.17, 15) is 18.3 Å². The Labute approximate surface area is 170 Å². The van der Waals surface area contributed by atoms with Gasteiger partial charge in [-0.05, 0) is 25.5 Å². The molecule has 4 aromatic rings. The van der Waals surface area contributed by atoms with Crippen molar-refractivity contribution in [2.24, 2.45) is 0 Å². The first-order valence-corrected chi connectivity index (χ1v) is 9.51. The predicted octanol–water partition coefficient (Wildman–Crippen LogP) is 3.76. The van der Waals surface area contributed by atoms with E-state index in [-0.39, 0.29) is 17.6 Å². The monoisotopic (exact) mass is 415 g/mol. The number of aromatic nitrogens is 5. The summed E-state index contributed by atoms with van der Waals surface area (Å²) in [5.41, 5.74) is -1.14. The number of benzene rings is 2. The fourth-order valence-corrected chi connectivity index (χ4v) is 3.86. The van der Waals surface area contributed by atoms with E-state index in [1.165, 1.54) is 34.2 Å². The van der Waals surface area contributed by atoms with Crippen LogP contribution in [0.25, 0.3) is 10.9 Å². The van der Waals surface area contributed by atoms with Gasteiger partial charge in [0.25, 0.3) is 0 Å². The Kier molecular flexibility index (Phi) is 5.07. The first kappa shape index (κ1) is 20.1. The number of aryl methyl sites for hydroxylation is 1. The van der Waals surface area contributed by atoms with Crippen LogP contribution < -0.4 is 0 Å². The third-order valence-corrected chi connectivity index (χ3v) is 5.44. The lowest BCUT2D eigenvalue weighted by Crippen LogP contribution is -2.41. The average Bonchev–Trinajstić information content (AvgIpc) is 3.35. The van der Waals surface area contributed by atoms with Crippen LogP contribution in [0.4, 0.5) is 13.2 Å². The Bertz CT molecular complexity index is 1190. The molecule has 2 aromatic heterocycles. The maximum Gasteiger partial charge on any atom is 0.151 e. The van der Waals surface area contributed by atoms with Crippen molar-refractivity contribution in [3.8, 4) is 0 Å². The van der Waals surface area contributed by atoms with Crippen molar-refractivity contribution in [1.82, 2.24) is 24.5 Å². The van der Waals surface area contributed by atoms with Crippen LogP contribution in [0.5, 0.6) is 0 Å². The number of hydrogen-bond acceptors (Lipinski definition) is 4. The highest BCUT2D eigenvalue weighted by Gasteiger charge is 2.41. The minimum atomic E-state index is -1.88. The number of nitrogens with zero attached hydrogens (tertiary/aromatic N) is 5. The molecule has 0 spiro atoms. The van der Waals surface area contributed by atoms with Crippen molar-refractivity contribution >= 4 is 10.9 Å². The normalized spacial score (nSPS) is 14.7. The molecule has 1 N–H and O–H groups in total. The van der Waals surface area contributed by atoms with Gasteiger partial charge in [0, 0.05) is 22.7 Å². The minimum Gasteiger partial charge on any atom is -0.381 e.